The number of hydrogen-bond acceptors (Lipinski definition) is 5. The van der Waals surface area contributed by atoms with Crippen LogP contribution in [-0.2, 0) is 0 Å². The van der Waals surface area contributed by atoms with Gasteiger partial charge < -0.3 is 15.5 Å². The van der Waals surface area contributed by atoms with Crippen LogP contribution in [0.2, 0.25) is 0 Å². The van der Waals surface area contributed by atoms with E-state index in [0.29, 0.717) is 36.7 Å². The van der Waals surface area contributed by atoms with Crippen molar-refractivity contribution in [1.29, 1.82) is 0 Å². The zero-order chi connectivity index (χ0) is 18.7. The third-order valence-electron chi connectivity index (χ3n) is 4.41. The van der Waals surface area contributed by atoms with E-state index < -0.39 is 4.92 Å². The molecule has 0 bridgehead atoms. The van der Waals surface area contributed by atoms with Gasteiger partial charge in [-0.3, -0.25) is 14.9 Å². The number of non-ortho nitro benzene ring substituents is 1. The third-order valence-corrected chi connectivity index (χ3v) is 4.64. The molecule has 0 spiro atoms. The van der Waals surface area contributed by atoms with Crippen LogP contribution in [0.15, 0.2) is 48.5 Å². The van der Waals surface area contributed by atoms with E-state index in [-0.39, 0.29) is 11.6 Å². The summed E-state index contributed by atoms with van der Waals surface area (Å²) < 4.78 is 0. The van der Waals surface area contributed by atoms with Crippen molar-refractivity contribution in [3.05, 3.63) is 69.8 Å². The minimum Gasteiger partial charge on any atom is -0.389 e. The van der Waals surface area contributed by atoms with Crippen LogP contribution in [0.5, 0.6) is 0 Å². The van der Waals surface area contributed by atoms with Crippen molar-refractivity contribution >= 4 is 34.5 Å². The number of nitrogens with zero attached hydrogens (tertiary/aromatic N) is 3. The molecule has 26 heavy (non-hydrogen) atoms. The number of rotatable bonds is 4. The number of piperazine rings is 1. The minimum atomic E-state index is -0.414. The molecule has 0 saturated carbocycles. The van der Waals surface area contributed by atoms with Gasteiger partial charge in [-0.2, -0.15) is 0 Å². The van der Waals surface area contributed by atoms with E-state index in [0.717, 1.165) is 11.3 Å². The fourth-order valence-corrected chi connectivity index (χ4v) is 3.05. The molecule has 1 saturated heterocycles. The second kappa shape index (κ2) is 7.49. The molecule has 1 amide bonds. The molecule has 0 atom stereocenters. The zero-order valence-electron chi connectivity index (χ0n) is 14.0. The van der Waals surface area contributed by atoms with Crippen LogP contribution in [-0.4, -0.2) is 46.9 Å². The van der Waals surface area contributed by atoms with Crippen molar-refractivity contribution in [3.8, 4) is 0 Å². The molecular weight excluding hydrogens is 352 g/mol. The summed E-state index contributed by atoms with van der Waals surface area (Å²) in [5, 5.41) is 10.7. The Kier molecular flexibility index (Phi) is 5.13. The highest BCUT2D eigenvalue weighted by molar-refractivity contribution is 7.80. The Morgan fingerprint density at radius 2 is 1.50 bits per heavy atom. The lowest BCUT2D eigenvalue weighted by atomic mass is 10.1. The molecular formula is C18H18N4O3S. The first kappa shape index (κ1) is 17.8. The van der Waals surface area contributed by atoms with Gasteiger partial charge >= 0.3 is 0 Å². The first-order valence-corrected chi connectivity index (χ1v) is 8.55. The van der Waals surface area contributed by atoms with Gasteiger partial charge in [0.15, 0.2) is 0 Å². The average Bonchev–Trinajstić information content (AvgIpc) is 2.67. The van der Waals surface area contributed by atoms with Crippen LogP contribution in [0.1, 0.15) is 15.9 Å². The summed E-state index contributed by atoms with van der Waals surface area (Å²) in [5.41, 5.74) is 7.91. The van der Waals surface area contributed by atoms with Gasteiger partial charge in [-0.25, -0.2) is 0 Å². The van der Waals surface area contributed by atoms with E-state index in [1.165, 1.54) is 12.1 Å². The standard InChI is InChI=1S/C18H18N4O3S/c19-17(26)13-1-3-14(4-2-13)18(23)21-11-9-20(10-12-21)15-5-7-16(8-6-15)22(24)25/h1-8H,9-12H2,(H2,19,26). The molecule has 0 aliphatic carbocycles. The lowest BCUT2D eigenvalue weighted by Crippen LogP contribution is -2.48. The van der Waals surface area contributed by atoms with Crippen molar-refractivity contribution in [2.24, 2.45) is 5.73 Å². The predicted molar refractivity (Wildman–Crippen MR) is 104 cm³/mol. The number of thiocarbonyl (C=S) groups is 1. The molecule has 3 rings (SSSR count). The molecule has 1 aliphatic rings. The molecule has 134 valence electrons. The predicted octanol–water partition coefficient (Wildman–Crippen LogP) is 2.19. The van der Waals surface area contributed by atoms with Crippen molar-refractivity contribution < 1.29 is 9.72 Å². The molecule has 7 nitrogen and oxygen atoms in total. The highest BCUT2D eigenvalue weighted by Crippen LogP contribution is 2.21. The van der Waals surface area contributed by atoms with Gasteiger partial charge in [-0.1, -0.05) is 24.4 Å². The zero-order valence-corrected chi connectivity index (χ0v) is 14.8. The number of carbonyl (C=O) groups excluding carboxylic acids is 1. The Bertz CT molecular complexity index is 829. The van der Waals surface area contributed by atoms with Crippen LogP contribution in [0.4, 0.5) is 11.4 Å². The Balaban J connectivity index is 1.61. The van der Waals surface area contributed by atoms with Crippen LogP contribution in [0.3, 0.4) is 0 Å². The topological polar surface area (TPSA) is 92.7 Å². The van der Waals surface area contributed by atoms with Gasteiger partial charge in [-0.05, 0) is 24.3 Å². The third kappa shape index (κ3) is 3.80. The van der Waals surface area contributed by atoms with E-state index in [9.17, 15) is 14.9 Å². The first-order valence-electron chi connectivity index (χ1n) is 8.14. The fraction of sp³-hybridized carbons (Fsp3) is 0.222. The summed E-state index contributed by atoms with van der Waals surface area (Å²) in [6.45, 7) is 2.53. The largest absolute Gasteiger partial charge is 0.389 e. The van der Waals surface area contributed by atoms with Crippen molar-refractivity contribution in [2.75, 3.05) is 31.1 Å². The Hall–Kier alpha value is -3.00. The van der Waals surface area contributed by atoms with Crippen LogP contribution in [0.25, 0.3) is 0 Å². The summed E-state index contributed by atoms with van der Waals surface area (Å²) in [4.78, 5) is 27.2. The van der Waals surface area contributed by atoms with Gasteiger partial charge in [0, 0.05) is 55.1 Å². The summed E-state index contributed by atoms with van der Waals surface area (Å²) in [6.07, 6.45) is 0. The molecule has 0 radical (unpaired) electrons. The number of amides is 1. The van der Waals surface area contributed by atoms with Gasteiger partial charge in [-0.15, -0.1) is 0 Å². The number of hydrogen-bond donors (Lipinski definition) is 1. The van der Waals surface area contributed by atoms with Crippen molar-refractivity contribution in [1.82, 2.24) is 4.90 Å². The lowest BCUT2D eigenvalue weighted by molar-refractivity contribution is -0.384. The monoisotopic (exact) mass is 370 g/mol. The molecule has 2 aromatic rings. The van der Waals surface area contributed by atoms with Gasteiger partial charge in [0.1, 0.15) is 4.99 Å². The Morgan fingerprint density at radius 3 is 2.00 bits per heavy atom. The Morgan fingerprint density at radius 1 is 0.962 bits per heavy atom. The summed E-state index contributed by atoms with van der Waals surface area (Å²) >= 11 is 4.92. The maximum atomic E-state index is 12.6. The smallest absolute Gasteiger partial charge is 0.269 e. The fourth-order valence-electron chi connectivity index (χ4n) is 2.91. The maximum absolute atomic E-state index is 12.6. The molecule has 2 N–H and O–H groups in total. The SMILES string of the molecule is NC(=S)c1ccc(C(=O)N2CCN(c3ccc([N+](=O)[O-])cc3)CC2)cc1. The Labute approximate surface area is 156 Å². The van der Waals surface area contributed by atoms with Crippen molar-refractivity contribution in [2.45, 2.75) is 0 Å². The van der Waals surface area contributed by atoms with E-state index in [4.69, 9.17) is 18.0 Å². The number of nitro groups is 1. The number of anilines is 1. The van der Waals surface area contributed by atoms with E-state index >= 15 is 0 Å². The van der Waals surface area contributed by atoms with Gasteiger partial charge in [0.2, 0.25) is 0 Å². The average molecular weight is 370 g/mol. The lowest BCUT2D eigenvalue weighted by Gasteiger charge is -2.36. The van der Waals surface area contributed by atoms with Gasteiger partial charge in [0.05, 0.1) is 4.92 Å². The minimum absolute atomic E-state index is 0.0251. The first-order chi connectivity index (χ1) is 12.5. The number of nitro benzene ring substituents is 1. The normalized spacial score (nSPS) is 14.2. The molecule has 0 unspecified atom stereocenters. The maximum Gasteiger partial charge on any atom is 0.269 e. The quantitative estimate of drug-likeness (QED) is 0.504. The summed E-state index contributed by atoms with van der Waals surface area (Å²) in [7, 11) is 0. The second-order valence-corrected chi connectivity index (χ2v) is 6.43. The molecule has 0 aromatic heterocycles. The molecule has 1 fully saturated rings. The van der Waals surface area contributed by atoms with Crippen molar-refractivity contribution in [3.63, 3.8) is 0 Å². The summed E-state index contributed by atoms with van der Waals surface area (Å²) in [6, 6.07) is 13.4. The highest BCUT2D eigenvalue weighted by atomic mass is 32.1. The second-order valence-electron chi connectivity index (χ2n) is 5.99. The molecule has 1 heterocycles. The van der Waals surface area contributed by atoms with E-state index in [1.54, 1.807) is 41.3 Å². The van der Waals surface area contributed by atoms with E-state index in [1.807, 2.05) is 0 Å². The van der Waals surface area contributed by atoms with E-state index in [2.05, 4.69) is 4.90 Å². The number of carbonyl (C=O) groups is 1. The van der Waals surface area contributed by atoms with Crippen LogP contribution < -0.4 is 10.6 Å². The number of benzene rings is 2. The number of nitrogens with two attached hydrogens (primary N) is 1. The molecule has 2 aromatic carbocycles. The molecule has 1 aliphatic heterocycles. The molecule has 8 heteroatoms. The van der Waals surface area contributed by atoms with Crippen LogP contribution in [0, 0.1) is 10.1 Å². The van der Waals surface area contributed by atoms with Gasteiger partial charge in [0.25, 0.3) is 11.6 Å². The summed E-state index contributed by atoms with van der Waals surface area (Å²) in [5.74, 6) is -0.0251. The van der Waals surface area contributed by atoms with Crippen LogP contribution >= 0.6 is 12.2 Å². The highest BCUT2D eigenvalue weighted by Gasteiger charge is 2.22.